The molecule has 1 aliphatic rings. The Morgan fingerprint density at radius 3 is 2.68 bits per heavy atom. The van der Waals surface area contributed by atoms with Crippen molar-refractivity contribution >= 4 is 5.91 Å². The van der Waals surface area contributed by atoms with Crippen LogP contribution >= 0.6 is 0 Å². The van der Waals surface area contributed by atoms with Crippen molar-refractivity contribution in [1.82, 2.24) is 10.6 Å². The molecule has 112 valence electrons. The first-order valence-corrected chi connectivity index (χ1v) is 7.36. The maximum absolute atomic E-state index is 12.0. The summed E-state index contributed by atoms with van der Waals surface area (Å²) in [6.07, 6.45) is 4.32. The van der Waals surface area contributed by atoms with E-state index in [1.54, 1.807) is 0 Å². The highest BCUT2D eigenvalue weighted by Gasteiger charge is 2.28. The lowest BCUT2D eigenvalue weighted by molar-refractivity contribution is -0.125. The maximum Gasteiger partial charge on any atom is 0.237 e. The van der Waals surface area contributed by atoms with E-state index in [9.17, 15) is 4.79 Å². The van der Waals surface area contributed by atoms with Crippen LogP contribution in [0.4, 0.5) is 0 Å². The summed E-state index contributed by atoms with van der Waals surface area (Å²) in [5.41, 5.74) is 0. The lowest BCUT2D eigenvalue weighted by atomic mass is 9.84. The molecule has 0 saturated carbocycles. The van der Waals surface area contributed by atoms with Crippen LogP contribution in [0.15, 0.2) is 0 Å². The Morgan fingerprint density at radius 2 is 2.11 bits per heavy atom. The van der Waals surface area contributed by atoms with Crippen LogP contribution in [-0.2, 0) is 4.79 Å². The molecule has 0 aromatic heterocycles. The van der Waals surface area contributed by atoms with E-state index in [0.717, 1.165) is 19.4 Å². The number of aliphatic hydroxyl groups excluding tert-OH is 2. The normalized spacial score (nSPS) is 25.3. The molecule has 19 heavy (non-hydrogen) atoms. The molecule has 0 aromatic carbocycles. The highest BCUT2D eigenvalue weighted by molar-refractivity contribution is 5.82. The van der Waals surface area contributed by atoms with Crippen molar-refractivity contribution in [3.05, 3.63) is 0 Å². The standard InChI is InChI=1S/C14H28N2O3/c1-3-10(2)6-11-4-5-15-13(7-11)14(19)16-12(8-17)9-18/h10-13,15,17-18H,3-9H2,1-2H3,(H,16,19)/t10-,11?,13?/m0/s1. The number of aliphatic hydroxyl groups is 2. The van der Waals surface area contributed by atoms with Crippen LogP contribution in [0, 0.1) is 11.8 Å². The Labute approximate surface area is 115 Å². The molecule has 2 unspecified atom stereocenters. The molecule has 5 nitrogen and oxygen atoms in total. The van der Waals surface area contributed by atoms with E-state index in [1.807, 2.05) is 0 Å². The van der Waals surface area contributed by atoms with Crippen molar-refractivity contribution in [1.29, 1.82) is 0 Å². The number of carbonyl (C=O) groups excluding carboxylic acids is 1. The Morgan fingerprint density at radius 1 is 1.42 bits per heavy atom. The molecular formula is C14H28N2O3. The third-order valence-electron chi connectivity index (χ3n) is 4.05. The predicted octanol–water partition coefficient (Wildman–Crippen LogP) is 0.260. The molecule has 1 saturated heterocycles. The monoisotopic (exact) mass is 272 g/mol. The van der Waals surface area contributed by atoms with E-state index in [-0.39, 0.29) is 25.2 Å². The zero-order valence-corrected chi connectivity index (χ0v) is 12.1. The van der Waals surface area contributed by atoms with E-state index < -0.39 is 6.04 Å². The average Bonchev–Trinajstić information content (AvgIpc) is 2.44. The first-order valence-electron chi connectivity index (χ1n) is 7.36. The van der Waals surface area contributed by atoms with Gasteiger partial charge in [-0.1, -0.05) is 20.3 Å². The van der Waals surface area contributed by atoms with Crippen molar-refractivity contribution in [2.24, 2.45) is 11.8 Å². The topological polar surface area (TPSA) is 81.6 Å². The van der Waals surface area contributed by atoms with Crippen LogP contribution in [0.25, 0.3) is 0 Å². The van der Waals surface area contributed by atoms with Crippen LogP contribution in [0.2, 0.25) is 0 Å². The molecule has 1 rings (SSSR count). The van der Waals surface area contributed by atoms with Crippen molar-refractivity contribution in [3.63, 3.8) is 0 Å². The molecule has 1 amide bonds. The van der Waals surface area contributed by atoms with Crippen molar-refractivity contribution in [2.75, 3.05) is 19.8 Å². The molecule has 0 bridgehead atoms. The highest BCUT2D eigenvalue weighted by Crippen LogP contribution is 2.25. The fourth-order valence-electron chi connectivity index (χ4n) is 2.60. The lowest BCUT2D eigenvalue weighted by Gasteiger charge is -2.31. The first-order chi connectivity index (χ1) is 9.10. The molecule has 0 radical (unpaired) electrons. The van der Waals surface area contributed by atoms with Gasteiger partial charge in [0, 0.05) is 0 Å². The summed E-state index contributed by atoms with van der Waals surface area (Å²) in [6.45, 7) is 4.85. The predicted molar refractivity (Wildman–Crippen MR) is 74.7 cm³/mol. The van der Waals surface area contributed by atoms with Gasteiger partial charge in [0.15, 0.2) is 0 Å². The van der Waals surface area contributed by atoms with Gasteiger partial charge in [-0.05, 0) is 37.6 Å². The fourth-order valence-corrected chi connectivity index (χ4v) is 2.60. The molecule has 0 aliphatic carbocycles. The van der Waals surface area contributed by atoms with Gasteiger partial charge in [0.25, 0.3) is 0 Å². The van der Waals surface area contributed by atoms with Gasteiger partial charge in [-0.2, -0.15) is 0 Å². The molecule has 1 heterocycles. The second-order valence-corrected chi connectivity index (χ2v) is 5.72. The molecule has 0 aromatic rings. The third kappa shape index (κ3) is 5.47. The van der Waals surface area contributed by atoms with E-state index >= 15 is 0 Å². The Balaban J connectivity index is 2.42. The van der Waals surface area contributed by atoms with Crippen LogP contribution in [-0.4, -0.2) is 48.0 Å². The molecule has 1 fully saturated rings. The summed E-state index contributed by atoms with van der Waals surface area (Å²) < 4.78 is 0. The average molecular weight is 272 g/mol. The minimum Gasteiger partial charge on any atom is -0.394 e. The number of piperidine rings is 1. The molecule has 1 aliphatic heterocycles. The summed E-state index contributed by atoms with van der Waals surface area (Å²) >= 11 is 0. The number of rotatable bonds is 7. The van der Waals surface area contributed by atoms with Crippen LogP contribution < -0.4 is 10.6 Å². The van der Waals surface area contributed by atoms with Crippen LogP contribution in [0.1, 0.15) is 39.5 Å². The smallest absolute Gasteiger partial charge is 0.237 e. The van der Waals surface area contributed by atoms with Gasteiger partial charge in [-0.3, -0.25) is 4.79 Å². The Bertz CT molecular complexity index is 269. The number of carbonyl (C=O) groups is 1. The van der Waals surface area contributed by atoms with Crippen LogP contribution in [0.5, 0.6) is 0 Å². The number of nitrogens with one attached hydrogen (secondary N) is 2. The van der Waals surface area contributed by atoms with E-state index in [1.165, 1.54) is 12.8 Å². The maximum atomic E-state index is 12.0. The SMILES string of the molecule is CC[C@H](C)CC1CCNC(C(=O)NC(CO)CO)C1. The van der Waals surface area contributed by atoms with Crippen molar-refractivity contribution < 1.29 is 15.0 Å². The van der Waals surface area contributed by atoms with Gasteiger partial charge >= 0.3 is 0 Å². The Hall–Kier alpha value is -0.650. The minimum absolute atomic E-state index is 0.109. The summed E-state index contributed by atoms with van der Waals surface area (Å²) in [7, 11) is 0. The zero-order valence-electron chi connectivity index (χ0n) is 12.1. The summed E-state index contributed by atoms with van der Waals surface area (Å²) in [5, 5.41) is 23.9. The molecule has 0 spiro atoms. The number of hydrogen-bond acceptors (Lipinski definition) is 4. The number of amides is 1. The van der Waals surface area contributed by atoms with Gasteiger partial charge in [0.05, 0.1) is 25.3 Å². The second kappa shape index (κ2) is 8.51. The molecule has 4 N–H and O–H groups in total. The highest BCUT2D eigenvalue weighted by atomic mass is 16.3. The third-order valence-corrected chi connectivity index (χ3v) is 4.05. The lowest BCUT2D eigenvalue weighted by Crippen LogP contribution is -2.52. The summed E-state index contributed by atoms with van der Waals surface area (Å²) in [5.74, 6) is 1.19. The zero-order chi connectivity index (χ0) is 14.3. The molecule has 5 heteroatoms. The first kappa shape index (κ1) is 16.4. The van der Waals surface area contributed by atoms with Gasteiger partial charge < -0.3 is 20.8 Å². The van der Waals surface area contributed by atoms with E-state index in [4.69, 9.17) is 10.2 Å². The summed E-state index contributed by atoms with van der Waals surface area (Å²) in [6, 6.07) is -0.743. The second-order valence-electron chi connectivity index (χ2n) is 5.72. The minimum atomic E-state index is -0.552. The van der Waals surface area contributed by atoms with Gasteiger partial charge in [-0.25, -0.2) is 0 Å². The van der Waals surface area contributed by atoms with Gasteiger partial charge in [0.2, 0.25) is 5.91 Å². The molecular weight excluding hydrogens is 244 g/mol. The Kier molecular flexibility index (Phi) is 7.34. The van der Waals surface area contributed by atoms with Crippen molar-refractivity contribution in [2.45, 2.75) is 51.6 Å². The quantitative estimate of drug-likeness (QED) is 0.536. The fraction of sp³-hybridized carbons (Fsp3) is 0.929. The summed E-state index contributed by atoms with van der Waals surface area (Å²) in [4.78, 5) is 12.0. The van der Waals surface area contributed by atoms with Crippen LogP contribution in [0.3, 0.4) is 0 Å². The van der Waals surface area contributed by atoms with Gasteiger partial charge in [-0.15, -0.1) is 0 Å². The van der Waals surface area contributed by atoms with E-state index in [0.29, 0.717) is 11.8 Å². The van der Waals surface area contributed by atoms with E-state index in [2.05, 4.69) is 24.5 Å². The molecule has 3 atom stereocenters. The number of hydrogen-bond donors (Lipinski definition) is 4. The van der Waals surface area contributed by atoms with Crippen molar-refractivity contribution in [3.8, 4) is 0 Å². The largest absolute Gasteiger partial charge is 0.394 e. The van der Waals surface area contributed by atoms with Gasteiger partial charge in [0.1, 0.15) is 0 Å².